The fraction of sp³-hybridized carbons (Fsp3) is 0.381. The molecule has 0 radical (unpaired) electrons. The molecule has 2 N–H and O–H groups in total. The minimum atomic E-state index is -0.0902. The number of amides is 1. The average Bonchev–Trinajstić information content (AvgIpc) is 2.68. The lowest BCUT2D eigenvalue weighted by atomic mass is 10.1. The van der Waals surface area contributed by atoms with Gasteiger partial charge in [0.2, 0.25) is 11.7 Å². The summed E-state index contributed by atoms with van der Waals surface area (Å²) >= 11 is 6.34. The Kier molecular flexibility index (Phi) is 7.96. The van der Waals surface area contributed by atoms with E-state index in [1.807, 2.05) is 38.4 Å². The number of hydrogen-bond donors (Lipinski definition) is 2. The third kappa shape index (κ3) is 5.30. The van der Waals surface area contributed by atoms with Crippen LogP contribution in [0.15, 0.2) is 36.4 Å². The SMILES string of the molecule is COc1cc(CC(=O)NC[C@H](c2ccccc2Cl)[NH+](C)C)cc(OC)c1OC. The van der Waals surface area contributed by atoms with Crippen molar-refractivity contribution in [3.8, 4) is 17.2 Å². The largest absolute Gasteiger partial charge is 0.493 e. The molecule has 0 spiro atoms. The maximum atomic E-state index is 12.5. The highest BCUT2D eigenvalue weighted by molar-refractivity contribution is 6.31. The van der Waals surface area contributed by atoms with Gasteiger partial charge in [-0.05, 0) is 23.8 Å². The topological polar surface area (TPSA) is 61.2 Å². The minimum absolute atomic E-state index is 0.0533. The van der Waals surface area contributed by atoms with Gasteiger partial charge in [-0.2, -0.15) is 0 Å². The highest BCUT2D eigenvalue weighted by Crippen LogP contribution is 2.38. The Labute approximate surface area is 171 Å². The minimum Gasteiger partial charge on any atom is -0.493 e. The number of carbonyl (C=O) groups excluding carboxylic acids is 1. The third-order valence-electron chi connectivity index (χ3n) is 4.57. The van der Waals surface area contributed by atoms with Gasteiger partial charge in [0.05, 0.1) is 48.4 Å². The Hall–Kier alpha value is -2.44. The van der Waals surface area contributed by atoms with Gasteiger partial charge in [-0.3, -0.25) is 4.79 Å². The van der Waals surface area contributed by atoms with Crippen LogP contribution in [0.2, 0.25) is 5.02 Å². The summed E-state index contributed by atoms with van der Waals surface area (Å²) < 4.78 is 16.0. The van der Waals surface area contributed by atoms with E-state index in [-0.39, 0.29) is 18.4 Å². The van der Waals surface area contributed by atoms with Crippen molar-refractivity contribution in [3.63, 3.8) is 0 Å². The molecule has 7 heteroatoms. The number of quaternary nitrogens is 1. The van der Waals surface area contributed by atoms with Gasteiger partial charge in [0, 0.05) is 10.6 Å². The number of nitrogens with one attached hydrogen (secondary N) is 2. The molecule has 0 saturated heterocycles. The summed E-state index contributed by atoms with van der Waals surface area (Å²) in [6.07, 6.45) is 0.203. The highest BCUT2D eigenvalue weighted by Gasteiger charge is 2.21. The van der Waals surface area contributed by atoms with Crippen molar-refractivity contribution < 1.29 is 23.9 Å². The molecule has 0 fully saturated rings. The van der Waals surface area contributed by atoms with Gasteiger partial charge in [-0.1, -0.05) is 29.8 Å². The van der Waals surface area contributed by atoms with E-state index >= 15 is 0 Å². The van der Waals surface area contributed by atoms with Crippen molar-refractivity contribution in [1.82, 2.24) is 5.32 Å². The van der Waals surface area contributed by atoms with E-state index in [1.54, 1.807) is 33.5 Å². The fourth-order valence-corrected chi connectivity index (χ4v) is 3.35. The average molecular weight is 408 g/mol. The van der Waals surface area contributed by atoms with Crippen LogP contribution in [0.1, 0.15) is 17.2 Å². The Morgan fingerprint density at radius 3 is 2.18 bits per heavy atom. The molecule has 1 atom stereocenters. The van der Waals surface area contributed by atoms with Crippen LogP contribution >= 0.6 is 11.6 Å². The molecular weight excluding hydrogens is 380 g/mol. The number of methoxy groups -OCH3 is 3. The molecule has 0 aliphatic carbocycles. The van der Waals surface area contributed by atoms with Crippen LogP contribution in [0.5, 0.6) is 17.2 Å². The molecule has 0 heterocycles. The zero-order chi connectivity index (χ0) is 20.7. The quantitative estimate of drug-likeness (QED) is 0.666. The van der Waals surface area contributed by atoms with Gasteiger partial charge in [0.15, 0.2) is 11.5 Å². The van der Waals surface area contributed by atoms with E-state index in [1.165, 1.54) is 4.90 Å². The number of benzene rings is 2. The second-order valence-electron chi connectivity index (χ2n) is 6.67. The number of carbonyl (C=O) groups is 1. The van der Waals surface area contributed by atoms with Crippen LogP contribution in [0.25, 0.3) is 0 Å². The lowest BCUT2D eigenvalue weighted by Gasteiger charge is -2.23. The van der Waals surface area contributed by atoms with Crippen molar-refractivity contribution in [2.24, 2.45) is 0 Å². The summed E-state index contributed by atoms with van der Waals surface area (Å²) in [7, 11) is 8.73. The van der Waals surface area contributed by atoms with E-state index < -0.39 is 0 Å². The molecule has 2 rings (SSSR count). The van der Waals surface area contributed by atoms with Crippen molar-refractivity contribution in [1.29, 1.82) is 0 Å². The molecule has 2 aromatic rings. The predicted octanol–water partition coefficient (Wildman–Crippen LogP) is 1.91. The molecule has 2 aromatic carbocycles. The Balaban J connectivity index is 2.10. The second-order valence-corrected chi connectivity index (χ2v) is 7.07. The highest BCUT2D eigenvalue weighted by atomic mass is 35.5. The van der Waals surface area contributed by atoms with E-state index in [9.17, 15) is 4.79 Å². The summed E-state index contributed by atoms with van der Waals surface area (Å²) in [5.41, 5.74) is 1.79. The molecule has 0 saturated carbocycles. The first kappa shape index (κ1) is 21.9. The number of rotatable bonds is 9. The third-order valence-corrected chi connectivity index (χ3v) is 4.91. The normalized spacial score (nSPS) is 11.8. The van der Waals surface area contributed by atoms with Crippen molar-refractivity contribution in [2.45, 2.75) is 12.5 Å². The molecule has 0 aliphatic rings. The van der Waals surface area contributed by atoms with Gasteiger partial charge in [-0.25, -0.2) is 0 Å². The molecule has 0 unspecified atom stereocenters. The van der Waals surface area contributed by atoms with Crippen molar-refractivity contribution in [2.75, 3.05) is 42.0 Å². The second kappa shape index (κ2) is 10.2. The Morgan fingerprint density at radius 2 is 1.68 bits per heavy atom. The lowest BCUT2D eigenvalue weighted by molar-refractivity contribution is -0.890. The van der Waals surface area contributed by atoms with Crippen LogP contribution in [-0.4, -0.2) is 47.9 Å². The molecule has 28 heavy (non-hydrogen) atoms. The molecule has 0 aliphatic heterocycles. The molecule has 1 amide bonds. The molecule has 152 valence electrons. The number of halogens is 1. The van der Waals surface area contributed by atoms with E-state index in [4.69, 9.17) is 25.8 Å². The van der Waals surface area contributed by atoms with E-state index in [0.29, 0.717) is 28.8 Å². The number of ether oxygens (including phenoxy) is 3. The van der Waals surface area contributed by atoms with Crippen LogP contribution < -0.4 is 24.4 Å². The van der Waals surface area contributed by atoms with Crippen LogP contribution in [0.3, 0.4) is 0 Å². The number of hydrogen-bond acceptors (Lipinski definition) is 4. The van der Waals surface area contributed by atoms with Gasteiger partial charge >= 0.3 is 0 Å². The summed E-state index contributed by atoms with van der Waals surface area (Å²) in [5, 5.41) is 3.71. The first-order chi connectivity index (χ1) is 13.4. The number of likely N-dealkylation sites (N-methyl/N-ethyl adjacent to an activating group) is 1. The van der Waals surface area contributed by atoms with Gasteiger partial charge in [0.25, 0.3) is 0 Å². The van der Waals surface area contributed by atoms with Crippen LogP contribution in [-0.2, 0) is 11.2 Å². The Morgan fingerprint density at radius 1 is 1.07 bits per heavy atom. The monoisotopic (exact) mass is 407 g/mol. The van der Waals surface area contributed by atoms with Crippen molar-refractivity contribution >= 4 is 17.5 Å². The standard InChI is InChI=1S/C21H27ClN2O4/c1-24(2)17(15-8-6-7-9-16(15)22)13-23-20(25)12-14-10-18(26-3)21(28-5)19(11-14)27-4/h6-11,17H,12-13H2,1-5H3,(H,23,25)/p+1/t17-/m1/s1. The molecular formula is C21H28ClN2O4+. The maximum absolute atomic E-state index is 12.5. The lowest BCUT2D eigenvalue weighted by Crippen LogP contribution is -3.07. The van der Waals surface area contributed by atoms with Crippen LogP contribution in [0, 0.1) is 0 Å². The smallest absolute Gasteiger partial charge is 0.224 e. The van der Waals surface area contributed by atoms with Gasteiger partial charge in [-0.15, -0.1) is 0 Å². The summed E-state index contributed by atoms with van der Waals surface area (Å²) in [6.45, 7) is 0.481. The summed E-state index contributed by atoms with van der Waals surface area (Å²) in [4.78, 5) is 13.7. The molecule has 0 bridgehead atoms. The van der Waals surface area contributed by atoms with Crippen molar-refractivity contribution in [3.05, 3.63) is 52.5 Å². The maximum Gasteiger partial charge on any atom is 0.224 e. The zero-order valence-corrected chi connectivity index (χ0v) is 17.7. The fourth-order valence-electron chi connectivity index (χ4n) is 3.08. The summed E-state index contributed by atoms with van der Waals surface area (Å²) in [6, 6.07) is 11.3. The first-order valence-electron chi connectivity index (χ1n) is 9.01. The van der Waals surface area contributed by atoms with E-state index in [2.05, 4.69) is 5.32 Å². The van der Waals surface area contributed by atoms with E-state index in [0.717, 1.165) is 11.1 Å². The molecule has 6 nitrogen and oxygen atoms in total. The van der Waals surface area contributed by atoms with Gasteiger partial charge < -0.3 is 24.4 Å². The van der Waals surface area contributed by atoms with Gasteiger partial charge in [0.1, 0.15) is 6.04 Å². The predicted molar refractivity (Wildman–Crippen MR) is 110 cm³/mol. The zero-order valence-electron chi connectivity index (χ0n) is 17.0. The Bertz CT molecular complexity index is 786. The van der Waals surface area contributed by atoms with Crippen LogP contribution in [0.4, 0.5) is 0 Å². The first-order valence-corrected chi connectivity index (χ1v) is 9.39. The molecule has 0 aromatic heterocycles. The summed E-state index contributed by atoms with van der Waals surface area (Å²) in [5.74, 6) is 1.46.